The van der Waals surface area contributed by atoms with Crippen LogP contribution in [0.4, 0.5) is 4.39 Å². The van der Waals surface area contributed by atoms with Gasteiger partial charge in [-0.2, -0.15) is 0 Å². The molecule has 1 fully saturated rings. The van der Waals surface area contributed by atoms with Gasteiger partial charge in [-0.25, -0.2) is 9.37 Å². The molecule has 6 heteroatoms. The predicted molar refractivity (Wildman–Crippen MR) is 91.6 cm³/mol. The third kappa shape index (κ3) is 4.41. The van der Waals surface area contributed by atoms with E-state index in [1.165, 1.54) is 12.1 Å². The molecule has 1 aliphatic heterocycles. The Labute approximate surface area is 145 Å². The number of nitrogens with one attached hydrogen (secondary N) is 1. The van der Waals surface area contributed by atoms with E-state index in [4.69, 9.17) is 0 Å². The van der Waals surface area contributed by atoms with Gasteiger partial charge in [-0.3, -0.25) is 9.59 Å². The minimum atomic E-state index is -0.363. The van der Waals surface area contributed by atoms with Crippen molar-refractivity contribution in [1.82, 2.24) is 15.2 Å². The zero-order valence-corrected chi connectivity index (χ0v) is 13.9. The summed E-state index contributed by atoms with van der Waals surface area (Å²) in [5.41, 5.74) is 1.27. The van der Waals surface area contributed by atoms with Crippen molar-refractivity contribution in [3.8, 4) is 0 Å². The maximum Gasteiger partial charge on any atom is 0.272 e. The number of piperidine rings is 1. The fourth-order valence-corrected chi connectivity index (χ4v) is 2.81. The van der Waals surface area contributed by atoms with E-state index in [0.29, 0.717) is 0 Å². The smallest absolute Gasteiger partial charge is 0.272 e. The van der Waals surface area contributed by atoms with Gasteiger partial charge in [0, 0.05) is 19.6 Å². The number of amides is 2. The number of carbonyl (C=O) groups is 2. The highest BCUT2D eigenvalue weighted by Crippen LogP contribution is 2.12. The summed E-state index contributed by atoms with van der Waals surface area (Å²) in [7, 11) is 0. The highest BCUT2D eigenvalue weighted by molar-refractivity contribution is 5.96. The molecule has 1 aromatic heterocycles. The van der Waals surface area contributed by atoms with E-state index in [1.807, 2.05) is 0 Å². The first-order chi connectivity index (χ1) is 12.1. The van der Waals surface area contributed by atoms with Gasteiger partial charge >= 0.3 is 0 Å². The SMILES string of the molecule is O=C(NCc1ccc(F)cc1)c1cccc(C(=O)N2CCCCC2)n1. The quantitative estimate of drug-likeness (QED) is 0.930. The van der Waals surface area contributed by atoms with Crippen LogP contribution in [-0.4, -0.2) is 34.8 Å². The first-order valence-electron chi connectivity index (χ1n) is 8.42. The summed E-state index contributed by atoms with van der Waals surface area (Å²) >= 11 is 0. The van der Waals surface area contributed by atoms with Crippen molar-refractivity contribution in [2.24, 2.45) is 0 Å². The Morgan fingerprint density at radius 3 is 2.40 bits per heavy atom. The number of hydrogen-bond donors (Lipinski definition) is 1. The molecule has 130 valence electrons. The first kappa shape index (κ1) is 17.1. The van der Waals surface area contributed by atoms with Gasteiger partial charge in [0.1, 0.15) is 17.2 Å². The molecule has 2 heterocycles. The van der Waals surface area contributed by atoms with Crippen LogP contribution in [0.3, 0.4) is 0 Å². The van der Waals surface area contributed by atoms with E-state index in [9.17, 15) is 14.0 Å². The number of nitrogens with zero attached hydrogens (tertiary/aromatic N) is 2. The van der Waals surface area contributed by atoms with Gasteiger partial charge in [0.2, 0.25) is 0 Å². The van der Waals surface area contributed by atoms with Crippen LogP contribution in [0.15, 0.2) is 42.5 Å². The zero-order valence-electron chi connectivity index (χ0n) is 13.9. The van der Waals surface area contributed by atoms with Crippen LogP contribution >= 0.6 is 0 Å². The normalized spacial score (nSPS) is 14.2. The average molecular weight is 341 g/mol. The van der Waals surface area contributed by atoms with E-state index < -0.39 is 0 Å². The molecule has 3 rings (SSSR count). The van der Waals surface area contributed by atoms with Crippen molar-refractivity contribution in [2.75, 3.05) is 13.1 Å². The van der Waals surface area contributed by atoms with Crippen molar-refractivity contribution in [3.63, 3.8) is 0 Å². The highest BCUT2D eigenvalue weighted by Gasteiger charge is 2.20. The Morgan fingerprint density at radius 1 is 1.00 bits per heavy atom. The second-order valence-electron chi connectivity index (χ2n) is 6.07. The van der Waals surface area contributed by atoms with Crippen LogP contribution in [0.1, 0.15) is 45.8 Å². The topological polar surface area (TPSA) is 62.3 Å². The molecule has 0 bridgehead atoms. The second kappa shape index (κ2) is 7.88. The lowest BCUT2D eigenvalue weighted by Crippen LogP contribution is -2.36. The lowest BCUT2D eigenvalue weighted by Gasteiger charge is -2.26. The van der Waals surface area contributed by atoms with Gasteiger partial charge in [0.05, 0.1) is 0 Å². The zero-order chi connectivity index (χ0) is 17.6. The van der Waals surface area contributed by atoms with Crippen LogP contribution in [-0.2, 0) is 6.54 Å². The van der Waals surface area contributed by atoms with Gasteiger partial charge in [-0.15, -0.1) is 0 Å². The van der Waals surface area contributed by atoms with Crippen molar-refractivity contribution in [3.05, 3.63) is 65.2 Å². The molecule has 0 atom stereocenters. The number of aromatic nitrogens is 1. The average Bonchev–Trinajstić information content (AvgIpc) is 2.67. The molecular formula is C19H20FN3O2. The van der Waals surface area contributed by atoms with Crippen LogP contribution < -0.4 is 5.32 Å². The van der Waals surface area contributed by atoms with Crippen LogP contribution in [0.5, 0.6) is 0 Å². The Balaban J connectivity index is 1.64. The van der Waals surface area contributed by atoms with E-state index in [0.717, 1.165) is 37.9 Å². The third-order valence-electron chi connectivity index (χ3n) is 4.21. The molecule has 1 saturated heterocycles. The van der Waals surface area contributed by atoms with Crippen LogP contribution in [0.2, 0.25) is 0 Å². The summed E-state index contributed by atoms with van der Waals surface area (Å²) in [5.74, 6) is -0.814. The standard InChI is InChI=1S/C19H20FN3O2/c20-15-9-7-14(8-10-15)13-21-18(24)16-5-4-6-17(22-16)19(25)23-11-2-1-3-12-23/h4-10H,1-3,11-13H2,(H,21,24). The number of pyridine rings is 1. The molecule has 1 aromatic carbocycles. The van der Waals surface area contributed by atoms with E-state index in [1.54, 1.807) is 35.2 Å². The van der Waals surface area contributed by atoms with Gasteiger partial charge in [0.25, 0.3) is 11.8 Å². The van der Waals surface area contributed by atoms with Crippen molar-refractivity contribution >= 4 is 11.8 Å². The molecule has 1 aliphatic rings. The van der Waals surface area contributed by atoms with Gasteiger partial charge in [-0.05, 0) is 49.1 Å². The summed E-state index contributed by atoms with van der Waals surface area (Å²) in [5, 5.41) is 2.73. The summed E-state index contributed by atoms with van der Waals surface area (Å²) in [6.45, 7) is 1.74. The first-order valence-corrected chi connectivity index (χ1v) is 8.42. The molecule has 5 nitrogen and oxygen atoms in total. The van der Waals surface area contributed by atoms with E-state index in [-0.39, 0.29) is 35.6 Å². The number of halogens is 1. The number of likely N-dealkylation sites (tertiary alicyclic amines) is 1. The molecular weight excluding hydrogens is 321 g/mol. The Kier molecular flexibility index (Phi) is 5.38. The Bertz CT molecular complexity index is 756. The van der Waals surface area contributed by atoms with Gasteiger partial charge in [-0.1, -0.05) is 18.2 Å². The predicted octanol–water partition coefficient (Wildman–Crippen LogP) is 2.78. The Hall–Kier alpha value is -2.76. The largest absolute Gasteiger partial charge is 0.347 e. The maximum absolute atomic E-state index is 12.9. The highest BCUT2D eigenvalue weighted by atomic mass is 19.1. The lowest BCUT2D eigenvalue weighted by molar-refractivity contribution is 0.0718. The molecule has 0 aliphatic carbocycles. The number of hydrogen-bond acceptors (Lipinski definition) is 3. The van der Waals surface area contributed by atoms with Crippen LogP contribution in [0.25, 0.3) is 0 Å². The molecule has 0 radical (unpaired) electrons. The van der Waals surface area contributed by atoms with E-state index >= 15 is 0 Å². The molecule has 2 aromatic rings. The van der Waals surface area contributed by atoms with E-state index in [2.05, 4.69) is 10.3 Å². The summed E-state index contributed by atoms with van der Waals surface area (Å²) in [6.07, 6.45) is 3.15. The molecule has 25 heavy (non-hydrogen) atoms. The molecule has 0 saturated carbocycles. The van der Waals surface area contributed by atoms with Crippen molar-refractivity contribution in [2.45, 2.75) is 25.8 Å². The Morgan fingerprint density at radius 2 is 1.68 bits per heavy atom. The van der Waals surface area contributed by atoms with Gasteiger partial charge in [0.15, 0.2) is 0 Å². The maximum atomic E-state index is 12.9. The fraction of sp³-hybridized carbons (Fsp3) is 0.316. The molecule has 0 unspecified atom stereocenters. The summed E-state index contributed by atoms with van der Waals surface area (Å²) in [4.78, 5) is 30.7. The minimum absolute atomic E-state index is 0.132. The third-order valence-corrected chi connectivity index (χ3v) is 4.21. The number of rotatable bonds is 4. The number of carbonyl (C=O) groups excluding carboxylic acids is 2. The van der Waals surface area contributed by atoms with Gasteiger partial charge < -0.3 is 10.2 Å². The number of benzene rings is 1. The minimum Gasteiger partial charge on any atom is -0.347 e. The monoisotopic (exact) mass is 341 g/mol. The fourth-order valence-electron chi connectivity index (χ4n) is 2.81. The van der Waals surface area contributed by atoms with Crippen molar-refractivity contribution < 1.29 is 14.0 Å². The van der Waals surface area contributed by atoms with Crippen LogP contribution in [0, 0.1) is 5.82 Å². The molecule has 2 amide bonds. The lowest BCUT2D eigenvalue weighted by atomic mass is 10.1. The summed E-state index contributed by atoms with van der Waals surface area (Å²) in [6, 6.07) is 10.8. The second-order valence-corrected chi connectivity index (χ2v) is 6.07. The van der Waals surface area contributed by atoms with Crippen molar-refractivity contribution in [1.29, 1.82) is 0 Å². The summed E-state index contributed by atoms with van der Waals surface area (Å²) < 4.78 is 12.9. The molecule has 0 spiro atoms. The molecule has 1 N–H and O–H groups in total.